The molecule has 26 heavy (non-hydrogen) atoms. The molecule has 0 aliphatic carbocycles. The van der Waals surface area contributed by atoms with Gasteiger partial charge in [0.1, 0.15) is 0 Å². The fourth-order valence-corrected chi connectivity index (χ4v) is 2.46. The van der Waals surface area contributed by atoms with E-state index in [-0.39, 0.29) is 6.04 Å². The standard InChI is InChI=1S/C16H22B3N5.C2H6/c1-9(2)15(17-6)19-18-10(3)13-14-11(4)21-8-22-24(14)16(23-13)12(5)20-7;1-2/h8,12,20H,1,6H2,2-5,7H3;1-2H3. The number of nitrogens with one attached hydrogen (secondary N) is 1. The average Bonchev–Trinajstić information content (AvgIpc) is 3.04. The molecule has 0 saturated carbocycles. The first-order chi connectivity index (χ1) is 12.4. The number of hydrogen-bond acceptors (Lipinski definition) is 4. The largest absolute Gasteiger partial charge is 0.0683 e. The first-order valence-corrected chi connectivity index (χ1v) is 8.95. The van der Waals surface area contributed by atoms with Crippen LogP contribution in [0.2, 0.25) is 0 Å². The SMILES string of the molecule is C=BC(=BB=C(C)c1nc(C(C)NC)n2ncnc(C)c12)C(=C)C.CC. The first-order valence-electron chi connectivity index (χ1n) is 8.95. The minimum atomic E-state index is 0.0862. The molecule has 0 aliphatic rings. The Bertz CT molecular complexity index is 852. The van der Waals surface area contributed by atoms with E-state index in [1.807, 2.05) is 59.8 Å². The second kappa shape index (κ2) is 10.3. The molecule has 134 valence electrons. The molecular weight excluding hydrogens is 319 g/mol. The van der Waals surface area contributed by atoms with Crippen LogP contribution >= 0.6 is 0 Å². The van der Waals surface area contributed by atoms with Crippen molar-refractivity contribution in [1.29, 1.82) is 0 Å². The van der Waals surface area contributed by atoms with Crippen LogP contribution in [0.1, 0.15) is 57.9 Å². The van der Waals surface area contributed by atoms with Gasteiger partial charge in [-0.05, 0) is 0 Å². The summed E-state index contributed by atoms with van der Waals surface area (Å²) < 4.78 is 1.87. The maximum atomic E-state index is 4.82. The van der Waals surface area contributed by atoms with Gasteiger partial charge < -0.3 is 0 Å². The summed E-state index contributed by atoms with van der Waals surface area (Å²) >= 11 is 0. The Balaban J connectivity index is 0.00000163. The summed E-state index contributed by atoms with van der Waals surface area (Å²) in [5.74, 6) is 0.869. The molecule has 0 aromatic carbocycles. The van der Waals surface area contributed by atoms with Gasteiger partial charge in [-0.15, -0.1) is 0 Å². The van der Waals surface area contributed by atoms with Crippen molar-refractivity contribution in [2.75, 3.05) is 7.05 Å². The van der Waals surface area contributed by atoms with Crippen molar-refractivity contribution >= 4 is 43.4 Å². The molecule has 0 aliphatic heterocycles. The van der Waals surface area contributed by atoms with E-state index in [0.717, 1.165) is 39.1 Å². The smallest absolute Gasteiger partial charge is 0.0683 e. The van der Waals surface area contributed by atoms with Gasteiger partial charge in [-0.3, -0.25) is 0 Å². The Labute approximate surface area is 159 Å². The number of fused-ring (bicyclic) bond motifs is 1. The van der Waals surface area contributed by atoms with Crippen LogP contribution < -0.4 is 5.32 Å². The van der Waals surface area contributed by atoms with E-state index in [9.17, 15) is 0 Å². The first kappa shape index (κ1) is 22.1. The summed E-state index contributed by atoms with van der Waals surface area (Å²) in [6.07, 6.45) is 1.56. The van der Waals surface area contributed by atoms with Gasteiger partial charge >= 0.3 is 145 Å². The molecule has 2 rings (SSSR count). The van der Waals surface area contributed by atoms with Crippen LogP contribution in [0.5, 0.6) is 0 Å². The van der Waals surface area contributed by atoms with Gasteiger partial charge in [0.05, 0.1) is 0 Å². The minimum Gasteiger partial charge on any atom is -0.0683 e. The van der Waals surface area contributed by atoms with Crippen molar-refractivity contribution in [3.05, 3.63) is 35.7 Å². The maximum Gasteiger partial charge on any atom is -0.0683 e. The molecule has 8 heteroatoms. The Hall–Kier alpha value is -1.95. The summed E-state index contributed by atoms with van der Waals surface area (Å²) in [5.41, 5.74) is 4.76. The second-order valence-corrected chi connectivity index (χ2v) is 5.89. The normalized spacial score (nSPS) is 12.4. The number of nitrogens with zero attached hydrogens (tertiary/aromatic N) is 4. The minimum absolute atomic E-state index is 0.0862. The van der Waals surface area contributed by atoms with Crippen molar-refractivity contribution < 1.29 is 0 Å². The van der Waals surface area contributed by atoms with E-state index >= 15 is 0 Å². The Morgan fingerprint density at radius 3 is 2.46 bits per heavy atom. The third-order valence-corrected chi connectivity index (χ3v) is 4.06. The van der Waals surface area contributed by atoms with E-state index in [1.165, 1.54) is 0 Å². The van der Waals surface area contributed by atoms with Crippen LogP contribution in [0.15, 0.2) is 18.5 Å². The number of hydrogen-bond donors (Lipinski definition) is 1. The number of imidazole rings is 1. The molecule has 1 N–H and O–H groups in total. The predicted octanol–water partition coefficient (Wildman–Crippen LogP) is 1.45. The molecule has 0 amide bonds. The summed E-state index contributed by atoms with van der Waals surface area (Å²) in [6, 6.07) is 0.0862. The average molecular weight is 347 g/mol. The zero-order valence-corrected chi connectivity index (χ0v) is 17.1. The second-order valence-electron chi connectivity index (χ2n) is 5.89. The van der Waals surface area contributed by atoms with E-state index < -0.39 is 0 Å². The zero-order chi connectivity index (χ0) is 19.9. The molecule has 0 radical (unpaired) electrons. The van der Waals surface area contributed by atoms with Crippen molar-refractivity contribution in [3.63, 3.8) is 0 Å². The van der Waals surface area contributed by atoms with Gasteiger partial charge in [0.2, 0.25) is 0 Å². The third kappa shape index (κ3) is 4.82. The van der Waals surface area contributed by atoms with Crippen LogP contribution in [-0.2, 0) is 0 Å². The number of rotatable bonds is 6. The number of aryl methyl sites for hydroxylation is 1. The molecule has 0 saturated heterocycles. The summed E-state index contributed by atoms with van der Waals surface area (Å²) in [7, 11) is 1.91. The Morgan fingerprint density at radius 1 is 1.27 bits per heavy atom. The van der Waals surface area contributed by atoms with Crippen LogP contribution in [0.25, 0.3) is 5.52 Å². The zero-order valence-electron chi connectivity index (χ0n) is 17.1. The molecule has 0 fully saturated rings. The molecule has 2 aromatic rings. The van der Waals surface area contributed by atoms with Gasteiger partial charge in [0.25, 0.3) is 0 Å². The summed E-state index contributed by atoms with van der Waals surface area (Å²) in [4.78, 5) is 9.14. The monoisotopic (exact) mass is 347 g/mol. The molecule has 5 nitrogen and oxygen atoms in total. The predicted molar refractivity (Wildman–Crippen MR) is 118 cm³/mol. The fraction of sp³-hybridized carbons (Fsp3) is 0.444. The van der Waals surface area contributed by atoms with Gasteiger partial charge in [-0.2, -0.15) is 0 Å². The van der Waals surface area contributed by atoms with Crippen molar-refractivity contribution in [3.8, 4) is 0 Å². The van der Waals surface area contributed by atoms with Gasteiger partial charge in [-0.1, -0.05) is 13.8 Å². The summed E-state index contributed by atoms with van der Waals surface area (Å²) in [5, 5.41) is 8.61. The van der Waals surface area contributed by atoms with E-state index in [2.05, 4.69) is 35.4 Å². The van der Waals surface area contributed by atoms with Crippen molar-refractivity contribution in [2.45, 2.75) is 47.6 Å². The van der Waals surface area contributed by atoms with Crippen LogP contribution in [0.3, 0.4) is 0 Å². The molecule has 1 atom stereocenters. The fourth-order valence-electron chi connectivity index (χ4n) is 2.46. The van der Waals surface area contributed by atoms with Crippen LogP contribution in [0.4, 0.5) is 0 Å². The topological polar surface area (TPSA) is 55.1 Å². The molecule has 2 aromatic heterocycles. The third-order valence-electron chi connectivity index (χ3n) is 4.06. The van der Waals surface area contributed by atoms with Crippen molar-refractivity contribution in [1.82, 2.24) is 24.9 Å². The molecule has 2 heterocycles. The van der Waals surface area contributed by atoms with E-state index in [0.29, 0.717) is 0 Å². The molecule has 1 unspecified atom stereocenters. The number of aromatic nitrogens is 4. The molecule has 0 bridgehead atoms. The van der Waals surface area contributed by atoms with Gasteiger partial charge in [0.15, 0.2) is 0 Å². The van der Waals surface area contributed by atoms with E-state index in [4.69, 9.17) is 4.98 Å². The molecule has 0 spiro atoms. The van der Waals surface area contributed by atoms with E-state index in [1.54, 1.807) is 13.2 Å². The molecular formula is C18H28B3N5. The number of allylic oxidation sites excluding steroid dienone is 1. The maximum absolute atomic E-state index is 4.82. The van der Waals surface area contributed by atoms with Gasteiger partial charge in [-0.25, -0.2) is 0 Å². The Kier molecular flexibility index (Phi) is 8.72. The quantitative estimate of drug-likeness (QED) is 0.804. The van der Waals surface area contributed by atoms with Crippen LogP contribution in [0, 0.1) is 6.92 Å². The van der Waals surface area contributed by atoms with Crippen molar-refractivity contribution in [2.24, 2.45) is 0 Å². The van der Waals surface area contributed by atoms with Crippen LogP contribution in [-0.4, -0.2) is 64.5 Å². The summed E-state index contributed by atoms with van der Waals surface area (Å²) in [6.45, 7) is 25.7. The van der Waals surface area contributed by atoms with Gasteiger partial charge in [0, 0.05) is 0 Å². The Morgan fingerprint density at radius 2 is 1.92 bits per heavy atom.